The maximum absolute atomic E-state index is 12.2. The zero-order valence-corrected chi connectivity index (χ0v) is 15.4. The number of aliphatic hydroxyl groups excluding tert-OH is 1. The van der Waals surface area contributed by atoms with Crippen molar-refractivity contribution in [2.24, 2.45) is 0 Å². The summed E-state index contributed by atoms with van der Waals surface area (Å²) < 4.78 is 17.4. The first-order valence-electron chi connectivity index (χ1n) is 9.40. The molecule has 0 aliphatic carbocycles. The number of rotatable bonds is 5. The van der Waals surface area contributed by atoms with Gasteiger partial charge in [0.25, 0.3) is 0 Å². The summed E-state index contributed by atoms with van der Waals surface area (Å²) in [5.74, 6) is -0.121. The van der Waals surface area contributed by atoms with Gasteiger partial charge in [-0.2, -0.15) is 0 Å². The molecule has 142 valence electrons. The fourth-order valence-electron chi connectivity index (χ4n) is 3.88. The minimum absolute atomic E-state index is 0.0602. The molecule has 0 radical (unpaired) electrons. The molecular weight excluding hydrogens is 344 g/mol. The van der Waals surface area contributed by atoms with Gasteiger partial charge >= 0.3 is 0 Å². The van der Waals surface area contributed by atoms with Crippen molar-refractivity contribution in [2.45, 2.75) is 44.7 Å². The van der Waals surface area contributed by atoms with Crippen molar-refractivity contribution in [3.8, 4) is 5.75 Å². The summed E-state index contributed by atoms with van der Waals surface area (Å²) in [7, 11) is 0. The van der Waals surface area contributed by atoms with Crippen LogP contribution in [0.15, 0.2) is 42.5 Å². The molecule has 0 bridgehead atoms. The molecule has 1 unspecified atom stereocenters. The van der Waals surface area contributed by atoms with Crippen molar-refractivity contribution in [3.05, 3.63) is 64.7 Å². The first-order valence-corrected chi connectivity index (χ1v) is 9.40. The lowest BCUT2D eigenvalue weighted by molar-refractivity contribution is -0.278. The second-order valence-corrected chi connectivity index (χ2v) is 7.13. The van der Waals surface area contributed by atoms with E-state index in [2.05, 4.69) is 24.3 Å². The highest BCUT2D eigenvalue weighted by molar-refractivity contribution is 5.81. The van der Waals surface area contributed by atoms with Crippen LogP contribution in [0.2, 0.25) is 0 Å². The van der Waals surface area contributed by atoms with E-state index in [1.807, 2.05) is 25.1 Å². The first kappa shape index (κ1) is 18.2. The van der Waals surface area contributed by atoms with Gasteiger partial charge in [-0.15, -0.1) is 0 Å². The Kier molecular flexibility index (Phi) is 5.00. The van der Waals surface area contributed by atoms with E-state index in [4.69, 9.17) is 14.2 Å². The fourth-order valence-corrected chi connectivity index (χ4v) is 3.88. The molecule has 2 aliphatic heterocycles. The standard InChI is InChI=1S/C22H24O5/c1-2-25-19-7-4-15(5-8-19)9-16-3-6-17-14-26-22(21(17)10-16)12-18(24)11-20(13-23)27-22/h3-8,10,20,23H,2,9,11-14H2,1H3/t20-,22?/m0/s1. The largest absolute Gasteiger partial charge is 0.494 e. The number of aliphatic hydroxyl groups is 1. The third-order valence-corrected chi connectivity index (χ3v) is 5.13. The van der Waals surface area contributed by atoms with Crippen LogP contribution < -0.4 is 4.74 Å². The van der Waals surface area contributed by atoms with Gasteiger partial charge in [0.05, 0.1) is 32.3 Å². The van der Waals surface area contributed by atoms with Crippen molar-refractivity contribution >= 4 is 5.78 Å². The van der Waals surface area contributed by atoms with E-state index in [-0.39, 0.29) is 25.2 Å². The molecule has 2 aromatic rings. The van der Waals surface area contributed by atoms with E-state index in [1.54, 1.807) is 0 Å². The molecule has 2 aromatic carbocycles. The maximum Gasteiger partial charge on any atom is 0.202 e. The van der Waals surface area contributed by atoms with Crippen LogP contribution >= 0.6 is 0 Å². The van der Waals surface area contributed by atoms with Crippen LogP contribution in [-0.4, -0.2) is 30.2 Å². The number of carbonyl (C=O) groups excluding carboxylic acids is 1. The Bertz CT molecular complexity index is 829. The Labute approximate surface area is 158 Å². The number of Topliss-reactive ketones (excluding diaryl/α,β-unsaturated/α-hetero) is 1. The number of carbonyl (C=O) groups is 1. The summed E-state index contributed by atoms with van der Waals surface area (Å²) in [5, 5.41) is 9.47. The molecule has 2 atom stereocenters. The highest BCUT2D eigenvalue weighted by atomic mass is 16.7. The summed E-state index contributed by atoms with van der Waals surface area (Å²) in [6.07, 6.45) is 0.700. The van der Waals surface area contributed by atoms with E-state index in [9.17, 15) is 9.90 Å². The highest BCUT2D eigenvalue weighted by Crippen LogP contribution is 2.44. The van der Waals surface area contributed by atoms with Crippen molar-refractivity contribution < 1.29 is 24.1 Å². The Morgan fingerprint density at radius 3 is 2.70 bits per heavy atom. The second-order valence-electron chi connectivity index (χ2n) is 7.13. The van der Waals surface area contributed by atoms with Crippen LogP contribution in [-0.2, 0) is 33.1 Å². The maximum atomic E-state index is 12.2. The lowest BCUT2D eigenvalue weighted by Gasteiger charge is -2.37. The summed E-state index contributed by atoms with van der Waals surface area (Å²) in [4.78, 5) is 12.2. The summed E-state index contributed by atoms with van der Waals surface area (Å²) >= 11 is 0. The lowest BCUT2D eigenvalue weighted by Crippen LogP contribution is -2.43. The Hall–Kier alpha value is -2.21. The monoisotopic (exact) mass is 368 g/mol. The minimum Gasteiger partial charge on any atom is -0.494 e. The molecule has 27 heavy (non-hydrogen) atoms. The van der Waals surface area contributed by atoms with Crippen LogP contribution in [0.1, 0.15) is 42.0 Å². The van der Waals surface area contributed by atoms with E-state index in [0.717, 1.165) is 28.9 Å². The van der Waals surface area contributed by atoms with Crippen molar-refractivity contribution in [1.82, 2.24) is 0 Å². The van der Waals surface area contributed by atoms with Gasteiger partial charge in [0.15, 0.2) is 0 Å². The molecule has 1 spiro atoms. The molecule has 5 heteroatoms. The number of hydrogen-bond acceptors (Lipinski definition) is 5. The van der Waals surface area contributed by atoms with Gasteiger partial charge in [0.1, 0.15) is 11.5 Å². The lowest BCUT2D eigenvalue weighted by atomic mass is 9.90. The highest BCUT2D eigenvalue weighted by Gasteiger charge is 2.48. The van der Waals surface area contributed by atoms with Gasteiger partial charge in [-0.3, -0.25) is 4.79 Å². The molecule has 0 amide bonds. The molecule has 4 rings (SSSR count). The summed E-state index contributed by atoms with van der Waals surface area (Å²) in [6.45, 7) is 2.86. The van der Waals surface area contributed by atoms with Crippen LogP contribution in [0.3, 0.4) is 0 Å². The molecule has 0 saturated carbocycles. The molecule has 2 aliphatic rings. The van der Waals surface area contributed by atoms with Crippen molar-refractivity contribution in [1.29, 1.82) is 0 Å². The smallest absolute Gasteiger partial charge is 0.202 e. The molecule has 1 fully saturated rings. The molecule has 1 saturated heterocycles. The number of fused-ring (bicyclic) bond motifs is 2. The third-order valence-electron chi connectivity index (χ3n) is 5.13. The first-order chi connectivity index (χ1) is 13.1. The molecule has 5 nitrogen and oxygen atoms in total. The molecule has 2 heterocycles. The molecular formula is C22H24O5. The average molecular weight is 368 g/mol. The number of ether oxygens (including phenoxy) is 3. The van der Waals surface area contributed by atoms with Crippen LogP contribution in [0.5, 0.6) is 5.75 Å². The Balaban J connectivity index is 1.58. The van der Waals surface area contributed by atoms with Gasteiger partial charge in [-0.05, 0) is 48.2 Å². The van der Waals surface area contributed by atoms with E-state index in [1.165, 1.54) is 5.56 Å². The third kappa shape index (κ3) is 3.63. The van der Waals surface area contributed by atoms with Gasteiger partial charge in [0.2, 0.25) is 5.79 Å². The topological polar surface area (TPSA) is 65.0 Å². The van der Waals surface area contributed by atoms with Crippen molar-refractivity contribution in [2.75, 3.05) is 13.2 Å². The number of benzene rings is 2. The van der Waals surface area contributed by atoms with E-state index < -0.39 is 11.9 Å². The minimum atomic E-state index is -1.05. The van der Waals surface area contributed by atoms with Crippen molar-refractivity contribution in [3.63, 3.8) is 0 Å². The van der Waals surface area contributed by atoms with E-state index >= 15 is 0 Å². The number of hydrogen-bond donors (Lipinski definition) is 1. The SMILES string of the molecule is CCOc1ccc(Cc2ccc3c(c2)C2(CC(=O)C[C@@H](CO)O2)OC3)cc1. The van der Waals surface area contributed by atoms with Crippen LogP contribution in [0.25, 0.3) is 0 Å². The van der Waals surface area contributed by atoms with E-state index in [0.29, 0.717) is 13.2 Å². The zero-order valence-electron chi connectivity index (χ0n) is 15.4. The quantitative estimate of drug-likeness (QED) is 0.879. The Morgan fingerprint density at radius 2 is 1.96 bits per heavy atom. The predicted octanol–water partition coefficient (Wildman–Crippen LogP) is 3.10. The summed E-state index contributed by atoms with van der Waals surface area (Å²) in [5.41, 5.74) is 4.26. The van der Waals surface area contributed by atoms with Crippen LogP contribution in [0.4, 0.5) is 0 Å². The van der Waals surface area contributed by atoms with Crippen LogP contribution in [0, 0.1) is 0 Å². The fraction of sp³-hybridized carbons (Fsp3) is 0.409. The molecule has 1 N–H and O–H groups in total. The zero-order chi connectivity index (χ0) is 18.9. The number of ketones is 1. The molecule has 0 aromatic heterocycles. The normalized spacial score (nSPS) is 24.2. The summed E-state index contributed by atoms with van der Waals surface area (Å²) in [6, 6.07) is 14.3. The van der Waals surface area contributed by atoms with Gasteiger partial charge in [0, 0.05) is 12.0 Å². The van der Waals surface area contributed by atoms with Gasteiger partial charge in [-0.25, -0.2) is 0 Å². The van der Waals surface area contributed by atoms with Gasteiger partial charge in [-0.1, -0.05) is 24.3 Å². The average Bonchev–Trinajstić information content (AvgIpc) is 3.00. The second kappa shape index (κ2) is 7.43. The Morgan fingerprint density at radius 1 is 1.19 bits per heavy atom. The van der Waals surface area contributed by atoms with Gasteiger partial charge < -0.3 is 19.3 Å². The predicted molar refractivity (Wildman–Crippen MR) is 99.5 cm³/mol.